The van der Waals surface area contributed by atoms with Crippen molar-refractivity contribution in [2.24, 2.45) is 0 Å². The van der Waals surface area contributed by atoms with E-state index in [4.69, 9.17) is 5.10 Å². The van der Waals surface area contributed by atoms with Crippen molar-refractivity contribution in [2.45, 2.75) is 18.8 Å². The van der Waals surface area contributed by atoms with Gasteiger partial charge in [0.1, 0.15) is 5.69 Å². The molecule has 41 heavy (non-hydrogen) atoms. The Kier molecular flexibility index (Phi) is 4.79. The number of nitrogens with zero attached hydrogens (tertiary/aromatic N) is 3. The van der Waals surface area contributed by atoms with Gasteiger partial charge in [-0.05, 0) is 54.1 Å². The summed E-state index contributed by atoms with van der Waals surface area (Å²) in [6.07, 6.45) is 2.46. The summed E-state index contributed by atoms with van der Waals surface area (Å²) in [5, 5.41) is 10.5. The summed E-state index contributed by atoms with van der Waals surface area (Å²) in [6, 6.07) is 48.2. The lowest BCUT2D eigenvalue weighted by Crippen LogP contribution is -1.98. The van der Waals surface area contributed by atoms with Gasteiger partial charge in [0.05, 0.1) is 16.6 Å². The van der Waals surface area contributed by atoms with Gasteiger partial charge in [-0.1, -0.05) is 103 Å². The van der Waals surface area contributed by atoms with Gasteiger partial charge in [0.25, 0.3) is 0 Å². The molecule has 9 rings (SSSR count). The average molecular weight is 526 g/mol. The number of benzene rings is 5. The fourth-order valence-corrected chi connectivity index (χ4v) is 6.64. The van der Waals surface area contributed by atoms with E-state index in [9.17, 15) is 0 Å². The third-order valence-electron chi connectivity index (χ3n) is 8.67. The molecule has 0 amide bonds. The van der Waals surface area contributed by atoms with Gasteiger partial charge in [0.2, 0.25) is 0 Å². The molecule has 0 spiro atoms. The Hall–Kier alpha value is -5.15. The number of aromatic nitrogens is 3. The highest BCUT2D eigenvalue weighted by Gasteiger charge is 2.29. The molecule has 3 heteroatoms. The van der Waals surface area contributed by atoms with Crippen molar-refractivity contribution in [1.82, 2.24) is 14.2 Å². The lowest BCUT2D eigenvalue weighted by atomic mass is 9.96. The zero-order valence-corrected chi connectivity index (χ0v) is 22.5. The Morgan fingerprint density at radius 1 is 0.561 bits per heavy atom. The van der Waals surface area contributed by atoms with E-state index in [2.05, 4.69) is 143 Å². The Bertz CT molecular complexity index is 2250. The highest BCUT2D eigenvalue weighted by molar-refractivity contribution is 6.12. The van der Waals surface area contributed by atoms with Crippen molar-refractivity contribution in [3.05, 3.63) is 139 Å². The quantitative estimate of drug-likeness (QED) is 0.224. The Morgan fingerprint density at radius 2 is 1.24 bits per heavy atom. The Labute approximate surface area is 237 Å². The van der Waals surface area contributed by atoms with Gasteiger partial charge in [-0.25, -0.2) is 4.52 Å². The van der Waals surface area contributed by atoms with Crippen LogP contribution in [0.1, 0.15) is 24.5 Å². The fourth-order valence-electron chi connectivity index (χ4n) is 6.64. The maximum Gasteiger partial charge on any atom is 0.101 e. The van der Waals surface area contributed by atoms with Crippen LogP contribution >= 0.6 is 0 Å². The molecule has 8 aromatic rings. The molecule has 0 N–H and O–H groups in total. The summed E-state index contributed by atoms with van der Waals surface area (Å²) in [5.74, 6) is 0.571. The molecule has 5 aromatic carbocycles. The second-order valence-electron chi connectivity index (χ2n) is 11.2. The number of para-hydroxylation sites is 2. The smallest absolute Gasteiger partial charge is 0.101 e. The van der Waals surface area contributed by atoms with Crippen molar-refractivity contribution in [3.63, 3.8) is 0 Å². The predicted octanol–water partition coefficient (Wildman–Crippen LogP) is 9.80. The fraction of sp³-hybridized carbons (Fsp3) is 0.0789. The standard InChI is InChI=1S/C38H27N3/c1-3-11-26(12-4-1)36-37(39-41-34(25-19-20-25)23-27-13-7-8-16-30(27)38(36)41)28-21-22-32-31-17-9-10-18-33(31)40(35(32)24-28)29-14-5-2-6-15-29/h1-18,21-25H,19-20H2. The first kappa shape index (κ1) is 22.6. The van der Waals surface area contributed by atoms with Gasteiger partial charge in [-0.2, -0.15) is 5.10 Å². The van der Waals surface area contributed by atoms with Crippen LogP contribution < -0.4 is 0 Å². The van der Waals surface area contributed by atoms with Crippen LogP contribution in [-0.4, -0.2) is 14.2 Å². The lowest BCUT2D eigenvalue weighted by molar-refractivity contribution is 0.866. The predicted molar refractivity (Wildman–Crippen MR) is 170 cm³/mol. The van der Waals surface area contributed by atoms with Crippen LogP contribution in [0.4, 0.5) is 0 Å². The normalized spacial score (nSPS) is 13.6. The largest absolute Gasteiger partial charge is 0.309 e. The van der Waals surface area contributed by atoms with Crippen molar-refractivity contribution < 1.29 is 0 Å². The molecule has 1 aliphatic rings. The topological polar surface area (TPSA) is 22.2 Å². The van der Waals surface area contributed by atoms with Crippen molar-refractivity contribution in [2.75, 3.05) is 0 Å². The lowest BCUT2D eigenvalue weighted by Gasteiger charge is -2.10. The minimum atomic E-state index is 0.571. The summed E-state index contributed by atoms with van der Waals surface area (Å²) >= 11 is 0. The second kappa shape index (κ2) is 8.67. The molecule has 1 fully saturated rings. The molecule has 1 saturated carbocycles. The zero-order chi connectivity index (χ0) is 26.9. The molecule has 194 valence electrons. The van der Waals surface area contributed by atoms with Crippen LogP contribution in [0.3, 0.4) is 0 Å². The molecule has 3 aromatic heterocycles. The van der Waals surface area contributed by atoms with Gasteiger partial charge >= 0.3 is 0 Å². The van der Waals surface area contributed by atoms with Crippen molar-refractivity contribution in [3.8, 4) is 28.1 Å². The SMILES string of the molecule is c1ccc(-c2c(-c3ccc4c5ccccc5n(-c5ccccc5)c4c3)nn3c(C4CC4)cc4ccccc4c23)cc1. The van der Waals surface area contributed by atoms with Crippen molar-refractivity contribution in [1.29, 1.82) is 0 Å². The van der Waals surface area contributed by atoms with Gasteiger partial charge in [0.15, 0.2) is 0 Å². The summed E-state index contributed by atoms with van der Waals surface area (Å²) in [5.41, 5.74) is 10.6. The van der Waals surface area contributed by atoms with E-state index in [0.29, 0.717) is 5.92 Å². The highest BCUT2D eigenvalue weighted by atomic mass is 15.2. The minimum Gasteiger partial charge on any atom is -0.309 e. The van der Waals surface area contributed by atoms with E-state index in [1.165, 1.54) is 67.8 Å². The van der Waals surface area contributed by atoms with Crippen LogP contribution in [0.2, 0.25) is 0 Å². The maximum atomic E-state index is 5.44. The monoisotopic (exact) mass is 525 g/mol. The number of hydrogen-bond acceptors (Lipinski definition) is 1. The Balaban J connectivity index is 1.41. The maximum absolute atomic E-state index is 5.44. The van der Waals surface area contributed by atoms with Crippen LogP contribution in [-0.2, 0) is 0 Å². The van der Waals surface area contributed by atoms with Crippen LogP contribution in [0.15, 0.2) is 133 Å². The third-order valence-corrected chi connectivity index (χ3v) is 8.67. The molecule has 0 aliphatic heterocycles. The van der Waals surface area contributed by atoms with Gasteiger partial charge < -0.3 is 4.57 Å². The minimum absolute atomic E-state index is 0.571. The number of hydrogen-bond donors (Lipinski definition) is 0. The molecule has 3 heterocycles. The first-order chi connectivity index (χ1) is 20.3. The molecular formula is C38H27N3. The molecule has 0 unspecified atom stereocenters. The van der Waals surface area contributed by atoms with Crippen LogP contribution in [0.5, 0.6) is 0 Å². The molecule has 0 saturated heterocycles. The van der Waals surface area contributed by atoms with Gasteiger partial charge in [-0.15, -0.1) is 0 Å². The van der Waals surface area contributed by atoms with E-state index < -0.39 is 0 Å². The number of pyridine rings is 1. The first-order valence-electron chi connectivity index (χ1n) is 14.4. The third kappa shape index (κ3) is 3.42. The summed E-state index contributed by atoms with van der Waals surface area (Å²) in [4.78, 5) is 0. The van der Waals surface area contributed by atoms with Gasteiger partial charge in [0, 0.05) is 44.6 Å². The van der Waals surface area contributed by atoms with Gasteiger partial charge in [-0.3, -0.25) is 0 Å². The molecular weight excluding hydrogens is 498 g/mol. The summed E-state index contributed by atoms with van der Waals surface area (Å²) in [6.45, 7) is 0. The van der Waals surface area contributed by atoms with E-state index >= 15 is 0 Å². The number of rotatable bonds is 4. The van der Waals surface area contributed by atoms with E-state index in [1.807, 2.05) is 0 Å². The Morgan fingerprint density at radius 3 is 2.05 bits per heavy atom. The van der Waals surface area contributed by atoms with Crippen molar-refractivity contribution >= 4 is 38.1 Å². The van der Waals surface area contributed by atoms with E-state index in [1.54, 1.807) is 0 Å². The summed E-state index contributed by atoms with van der Waals surface area (Å²) < 4.78 is 4.64. The van der Waals surface area contributed by atoms with Crippen LogP contribution in [0.25, 0.3) is 66.2 Å². The summed E-state index contributed by atoms with van der Waals surface area (Å²) in [7, 11) is 0. The first-order valence-corrected chi connectivity index (χ1v) is 14.4. The van der Waals surface area contributed by atoms with Crippen LogP contribution in [0, 0.1) is 0 Å². The molecule has 0 radical (unpaired) electrons. The molecule has 3 nitrogen and oxygen atoms in total. The molecule has 0 atom stereocenters. The van der Waals surface area contributed by atoms with E-state index in [-0.39, 0.29) is 0 Å². The zero-order valence-electron chi connectivity index (χ0n) is 22.5. The second-order valence-corrected chi connectivity index (χ2v) is 11.2. The highest BCUT2D eigenvalue weighted by Crippen LogP contribution is 2.46. The average Bonchev–Trinajstić information content (AvgIpc) is 3.72. The molecule has 0 bridgehead atoms. The number of fused-ring (bicyclic) bond motifs is 6. The molecule has 1 aliphatic carbocycles. The van der Waals surface area contributed by atoms with E-state index in [0.717, 1.165) is 16.9 Å².